The topological polar surface area (TPSA) is 27.7 Å². The quantitative estimate of drug-likeness (QED) is 0.722. The van der Waals surface area contributed by atoms with Gasteiger partial charge in [-0.2, -0.15) is 0 Å². The predicted molar refractivity (Wildman–Crippen MR) is 71.7 cm³/mol. The van der Waals surface area contributed by atoms with Crippen molar-refractivity contribution in [3.05, 3.63) is 0 Å². The summed E-state index contributed by atoms with van der Waals surface area (Å²) in [6.07, 6.45) is 0.317. The van der Waals surface area contributed by atoms with Gasteiger partial charge in [0.05, 0.1) is 24.9 Å². The summed E-state index contributed by atoms with van der Waals surface area (Å²) >= 11 is 0. The van der Waals surface area contributed by atoms with E-state index in [9.17, 15) is 0 Å². The molecule has 18 heavy (non-hydrogen) atoms. The van der Waals surface area contributed by atoms with Crippen LogP contribution in [0, 0.1) is 10.8 Å². The summed E-state index contributed by atoms with van der Waals surface area (Å²) in [4.78, 5) is 0. The lowest BCUT2D eigenvalue weighted by atomic mass is 9.65. The van der Waals surface area contributed by atoms with E-state index in [0.29, 0.717) is 6.61 Å². The van der Waals surface area contributed by atoms with Crippen LogP contribution in [0.1, 0.15) is 48.5 Å². The van der Waals surface area contributed by atoms with Crippen LogP contribution >= 0.6 is 0 Å². The maximum absolute atomic E-state index is 6.07. The van der Waals surface area contributed by atoms with Gasteiger partial charge in [-0.1, -0.05) is 27.7 Å². The van der Waals surface area contributed by atoms with Gasteiger partial charge in [0, 0.05) is 5.41 Å². The average Bonchev–Trinajstić information content (AvgIpc) is 2.67. The molecule has 0 spiro atoms. The van der Waals surface area contributed by atoms with Gasteiger partial charge in [0.25, 0.3) is 0 Å². The van der Waals surface area contributed by atoms with Gasteiger partial charge in [0.15, 0.2) is 0 Å². The molecule has 0 aromatic carbocycles. The highest BCUT2D eigenvalue weighted by Crippen LogP contribution is 2.51. The van der Waals surface area contributed by atoms with Crippen molar-refractivity contribution in [1.82, 2.24) is 0 Å². The minimum Gasteiger partial charge on any atom is -0.372 e. The second kappa shape index (κ2) is 4.19. The summed E-state index contributed by atoms with van der Waals surface area (Å²) in [5, 5.41) is 0. The molecule has 2 aliphatic heterocycles. The van der Waals surface area contributed by atoms with E-state index in [4.69, 9.17) is 14.2 Å². The van der Waals surface area contributed by atoms with E-state index in [1.807, 2.05) is 0 Å². The highest BCUT2D eigenvalue weighted by atomic mass is 16.6. The van der Waals surface area contributed by atoms with Crippen LogP contribution in [-0.4, -0.2) is 37.1 Å². The highest BCUT2D eigenvalue weighted by Gasteiger charge is 2.59. The van der Waals surface area contributed by atoms with E-state index in [2.05, 4.69) is 48.5 Å². The smallest absolute Gasteiger partial charge is 0.113 e. The molecule has 0 amide bonds. The molecule has 106 valence electrons. The van der Waals surface area contributed by atoms with Crippen LogP contribution in [-0.2, 0) is 14.2 Å². The van der Waals surface area contributed by atoms with Crippen molar-refractivity contribution < 1.29 is 14.2 Å². The summed E-state index contributed by atoms with van der Waals surface area (Å²) in [5.41, 5.74) is 0.0870. The van der Waals surface area contributed by atoms with E-state index in [0.717, 1.165) is 6.61 Å². The Kier molecular flexibility index (Phi) is 3.33. The molecule has 2 rings (SSSR count). The van der Waals surface area contributed by atoms with E-state index >= 15 is 0 Å². The van der Waals surface area contributed by atoms with Crippen LogP contribution in [0.15, 0.2) is 0 Å². The Morgan fingerprint density at radius 1 is 1.06 bits per heavy atom. The fourth-order valence-corrected chi connectivity index (χ4v) is 2.87. The number of ether oxygens (including phenoxy) is 3. The molecule has 2 aliphatic rings. The maximum atomic E-state index is 6.07. The lowest BCUT2D eigenvalue weighted by molar-refractivity contribution is -0.107. The Bertz CT molecular complexity index is 313. The second-order valence-electron chi connectivity index (χ2n) is 7.97. The fourth-order valence-electron chi connectivity index (χ4n) is 2.87. The second-order valence-corrected chi connectivity index (χ2v) is 7.97. The van der Waals surface area contributed by atoms with Gasteiger partial charge in [-0.05, 0) is 26.2 Å². The largest absolute Gasteiger partial charge is 0.372 e. The molecule has 2 saturated heterocycles. The van der Waals surface area contributed by atoms with Gasteiger partial charge >= 0.3 is 0 Å². The molecule has 4 unspecified atom stereocenters. The first kappa shape index (κ1) is 14.3. The van der Waals surface area contributed by atoms with Gasteiger partial charge < -0.3 is 14.2 Å². The van der Waals surface area contributed by atoms with Crippen molar-refractivity contribution >= 4 is 0 Å². The van der Waals surface area contributed by atoms with Crippen LogP contribution in [0.4, 0.5) is 0 Å². The minimum atomic E-state index is -0.146. The zero-order valence-electron chi connectivity index (χ0n) is 12.9. The van der Waals surface area contributed by atoms with Crippen LogP contribution in [0.3, 0.4) is 0 Å². The average molecular weight is 256 g/mol. The summed E-state index contributed by atoms with van der Waals surface area (Å²) in [6.45, 7) is 16.7. The molecular formula is C15H28O3. The predicted octanol–water partition coefficient (Wildman–Crippen LogP) is 3.02. The molecule has 0 aromatic heterocycles. The Morgan fingerprint density at radius 3 is 2.17 bits per heavy atom. The molecule has 3 nitrogen and oxygen atoms in total. The first-order valence-corrected chi connectivity index (χ1v) is 6.96. The fraction of sp³-hybridized carbons (Fsp3) is 1.00. The van der Waals surface area contributed by atoms with Gasteiger partial charge in [0.2, 0.25) is 0 Å². The molecule has 2 fully saturated rings. The first-order valence-electron chi connectivity index (χ1n) is 6.96. The molecular weight excluding hydrogens is 228 g/mol. The summed E-state index contributed by atoms with van der Waals surface area (Å²) in [5.74, 6) is 0. The Hall–Kier alpha value is -0.120. The molecule has 0 aromatic rings. The molecule has 0 aliphatic carbocycles. The summed E-state index contributed by atoms with van der Waals surface area (Å²) in [6, 6.07) is 0. The number of hydrogen-bond acceptors (Lipinski definition) is 3. The van der Waals surface area contributed by atoms with Crippen LogP contribution in [0.5, 0.6) is 0 Å². The molecule has 2 heterocycles. The summed E-state index contributed by atoms with van der Waals surface area (Å²) < 4.78 is 18.1. The molecule has 3 heteroatoms. The van der Waals surface area contributed by atoms with Crippen molar-refractivity contribution in [1.29, 1.82) is 0 Å². The van der Waals surface area contributed by atoms with E-state index in [1.165, 1.54) is 0 Å². The Balaban J connectivity index is 2.12. The molecule has 0 saturated carbocycles. The van der Waals surface area contributed by atoms with Crippen molar-refractivity contribution in [3.8, 4) is 0 Å². The Morgan fingerprint density at radius 2 is 1.67 bits per heavy atom. The van der Waals surface area contributed by atoms with Gasteiger partial charge in [-0.3, -0.25) is 0 Å². The third kappa shape index (κ3) is 2.33. The van der Waals surface area contributed by atoms with Gasteiger partial charge in [0.1, 0.15) is 12.2 Å². The normalized spacial score (nSPS) is 41.2. The highest BCUT2D eigenvalue weighted by molar-refractivity contribution is 5.06. The zero-order chi connectivity index (χ0) is 13.8. The first-order chi connectivity index (χ1) is 8.05. The number of hydrogen-bond donors (Lipinski definition) is 0. The van der Waals surface area contributed by atoms with E-state index in [-0.39, 0.29) is 34.7 Å². The number of fused-ring (bicyclic) bond motifs is 1. The molecule has 0 N–H and O–H groups in total. The van der Waals surface area contributed by atoms with Gasteiger partial charge in [-0.25, -0.2) is 0 Å². The zero-order valence-corrected chi connectivity index (χ0v) is 12.9. The van der Waals surface area contributed by atoms with Crippen LogP contribution < -0.4 is 0 Å². The standard InChI is InChI=1S/C15H28O3/c1-13(2,3)15(7)9-17-11-10(8-16-12(11)15)18-14(4,5)6/h10-12H,8-9H2,1-7H3. The maximum Gasteiger partial charge on any atom is 0.113 e. The monoisotopic (exact) mass is 256 g/mol. The molecule has 0 radical (unpaired) electrons. The minimum absolute atomic E-state index is 0.0632. The van der Waals surface area contributed by atoms with Crippen LogP contribution in [0.2, 0.25) is 0 Å². The van der Waals surface area contributed by atoms with Crippen molar-refractivity contribution in [3.63, 3.8) is 0 Å². The third-order valence-corrected chi connectivity index (χ3v) is 4.53. The van der Waals surface area contributed by atoms with E-state index in [1.54, 1.807) is 0 Å². The van der Waals surface area contributed by atoms with E-state index < -0.39 is 0 Å². The SMILES string of the molecule is CC(C)(C)OC1COC2C1OCC2(C)C(C)(C)C. The molecule has 0 bridgehead atoms. The Labute approximate surface area is 111 Å². The lowest BCUT2D eigenvalue weighted by Gasteiger charge is -2.41. The van der Waals surface area contributed by atoms with Crippen molar-refractivity contribution in [2.24, 2.45) is 10.8 Å². The third-order valence-electron chi connectivity index (χ3n) is 4.53. The van der Waals surface area contributed by atoms with Crippen molar-refractivity contribution in [2.75, 3.05) is 13.2 Å². The lowest BCUT2D eigenvalue weighted by Crippen LogP contribution is -2.45. The number of rotatable bonds is 1. The van der Waals surface area contributed by atoms with Gasteiger partial charge in [-0.15, -0.1) is 0 Å². The van der Waals surface area contributed by atoms with Crippen LogP contribution in [0.25, 0.3) is 0 Å². The molecule has 4 atom stereocenters. The summed E-state index contributed by atoms with van der Waals surface area (Å²) in [7, 11) is 0. The van der Waals surface area contributed by atoms with Crippen molar-refractivity contribution in [2.45, 2.75) is 72.4 Å².